The van der Waals surface area contributed by atoms with Crippen molar-refractivity contribution in [2.24, 2.45) is 0 Å². The minimum Gasteiger partial charge on any atom is -0.493 e. The standard InChI is InChI=1S/C24H17F4N3O3S2/c25-20-5-1-4-17(30-20)21-16(24(26,27)28)8-9-18(22(21)23-29-10-12-35-23)31-36(32,33)15-7-6-14-3-2-11-34-19(14)13-15/h1,4-10,12-13,31H,2-3,11H2. The van der Waals surface area contributed by atoms with Crippen LogP contribution in [0, 0.1) is 5.95 Å². The molecule has 1 aliphatic rings. The van der Waals surface area contributed by atoms with E-state index in [1.807, 2.05) is 0 Å². The highest BCUT2D eigenvalue weighted by Gasteiger charge is 2.37. The van der Waals surface area contributed by atoms with E-state index < -0.39 is 33.3 Å². The predicted octanol–water partition coefficient (Wildman–Crippen LogP) is 6.16. The van der Waals surface area contributed by atoms with E-state index in [4.69, 9.17) is 4.74 Å². The molecule has 1 N–H and O–H groups in total. The van der Waals surface area contributed by atoms with Gasteiger partial charge in [-0.05, 0) is 48.7 Å². The predicted molar refractivity (Wildman–Crippen MR) is 127 cm³/mol. The number of fused-ring (bicyclic) bond motifs is 1. The van der Waals surface area contributed by atoms with E-state index in [-0.39, 0.29) is 26.8 Å². The number of thiazole rings is 1. The van der Waals surface area contributed by atoms with Crippen LogP contribution in [0.1, 0.15) is 17.5 Å². The summed E-state index contributed by atoms with van der Waals surface area (Å²) in [5.41, 5.74) is -1.33. The number of aryl methyl sites for hydroxylation is 1. The van der Waals surface area contributed by atoms with Gasteiger partial charge in [-0.25, -0.2) is 18.4 Å². The van der Waals surface area contributed by atoms with Crippen LogP contribution < -0.4 is 9.46 Å². The zero-order chi connectivity index (χ0) is 25.5. The highest BCUT2D eigenvalue weighted by Crippen LogP contribution is 2.46. The third kappa shape index (κ3) is 4.65. The molecule has 2 aromatic heterocycles. The van der Waals surface area contributed by atoms with Crippen molar-refractivity contribution in [2.45, 2.75) is 23.9 Å². The Morgan fingerprint density at radius 1 is 1.06 bits per heavy atom. The number of pyridine rings is 1. The fourth-order valence-electron chi connectivity index (χ4n) is 4.00. The molecule has 0 atom stereocenters. The summed E-state index contributed by atoms with van der Waals surface area (Å²) in [7, 11) is -4.24. The number of alkyl halides is 3. The number of sulfonamides is 1. The first-order chi connectivity index (χ1) is 17.1. The van der Waals surface area contributed by atoms with Gasteiger partial charge in [-0.1, -0.05) is 12.1 Å². The second-order valence-corrected chi connectivity index (χ2v) is 10.5. The Hall–Kier alpha value is -3.51. The number of ether oxygens (including phenoxy) is 1. The SMILES string of the molecule is O=S(=O)(Nc1ccc(C(F)(F)F)c(-c2cccc(F)n2)c1-c1nccs1)c1ccc2c(c1)OCCC2. The largest absolute Gasteiger partial charge is 0.493 e. The van der Waals surface area contributed by atoms with Crippen LogP contribution in [0.4, 0.5) is 23.2 Å². The topological polar surface area (TPSA) is 81.2 Å². The Labute approximate surface area is 207 Å². The average molecular weight is 536 g/mol. The fraction of sp³-hybridized carbons (Fsp3) is 0.167. The summed E-state index contributed by atoms with van der Waals surface area (Å²) in [6.07, 6.45) is -1.89. The molecule has 186 valence electrons. The van der Waals surface area contributed by atoms with Crippen LogP contribution >= 0.6 is 11.3 Å². The Balaban J connectivity index is 1.70. The zero-order valence-electron chi connectivity index (χ0n) is 18.3. The van der Waals surface area contributed by atoms with Crippen molar-refractivity contribution in [1.82, 2.24) is 9.97 Å². The Bertz CT molecular complexity index is 1540. The van der Waals surface area contributed by atoms with Gasteiger partial charge >= 0.3 is 6.18 Å². The van der Waals surface area contributed by atoms with Gasteiger partial charge in [-0.2, -0.15) is 17.6 Å². The van der Waals surface area contributed by atoms with Crippen molar-refractivity contribution in [3.63, 3.8) is 0 Å². The van der Waals surface area contributed by atoms with Crippen LogP contribution in [0.3, 0.4) is 0 Å². The number of nitrogens with one attached hydrogen (secondary N) is 1. The molecule has 1 aliphatic heterocycles. The number of anilines is 1. The Kier molecular flexibility index (Phi) is 6.17. The maximum absolute atomic E-state index is 14.1. The first kappa shape index (κ1) is 24.2. The summed E-state index contributed by atoms with van der Waals surface area (Å²) >= 11 is 1.01. The van der Waals surface area contributed by atoms with Crippen LogP contribution in [0.25, 0.3) is 21.8 Å². The van der Waals surface area contributed by atoms with Crippen LogP contribution in [-0.2, 0) is 22.6 Å². The lowest BCUT2D eigenvalue weighted by Crippen LogP contribution is -2.17. The van der Waals surface area contributed by atoms with Crippen molar-refractivity contribution in [3.8, 4) is 27.6 Å². The number of hydrogen-bond donors (Lipinski definition) is 1. The number of aromatic nitrogens is 2. The smallest absolute Gasteiger partial charge is 0.417 e. The van der Waals surface area contributed by atoms with Gasteiger partial charge in [-0.15, -0.1) is 11.3 Å². The molecule has 12 heteroatoms. The van der Waals surface area contributed by atoms with Gasteiger partial charge in [0.2, 0.25) is 5.95 Å². The molecule has 4 aromatic rings. The minimum absolute atomic E-state index is 0.105. The monoisotopic (exact) mass is 535 g/mol. The minimum atomic E-state index is -4.83. The highest BCUT2D eigenvalue weighted by atomic mass is 32.2. The second kappa shape index (κ2) is 9.17. The molecule has 36 heavy (non-hydrogen) atoms. The second-order valence-electron chi connectivity index (χ2n) is 7.92. The van der Waals surface area contributed by atoms with E-state index in [9.17, 15) is 26.0 Å². The van der Waals surface area contributed by atoms with Gasteiger partial charge in [0.25, 0.3) is 10.0 Å². The van der Waals surface area contributed by atoms with E-state index in [1.54, 1.807) is 6.07 Å². The average Bonchev–Trinajstić information content (AvgIpc) is 3.37. The molecule has 0 amide bonds. The summed E-state index contributed by atoms with van der Waals surface area (Å²) in [6.45, 7) is 0.459. The van der Waals surface area contributed by atoms with Crippen molar-refractivity contribution in [2.75, 3.05) is 11.3 Å². The number of nitrogens with zero attached hydrogens (tertiary/aromatic N) is 2. The number of hydrogen-bond acceptors (Lipinski definition) is 6. The third-order valence-corrected chi connectivity index (χ3v) is 7.72. The van der Waals surface area contributed by atoms with Gasteiger partial charge in [0.05, 0.1) is 28.4 Å². The first-order valence-corrected chi connectivity index (χ1v) is 13.1. The highest BCUT2D eigenvalue weighted by molar-refractivity contribution is 7.92. The quantitative estimate of drug-likeness (QED) is 0.245. The van der Waals surface area contributed by atoms with E-state index >= 15 is 0 Å². The molecule has 0 saturated carbocycles. The summed E-state index contributed by atoms with van der Waals surface area (Å²) in [4.78, 5) is 7.65. The van der Waals surface area contributed by atoms with Gasteiger partial charge in [0, 0.05) is 28.8 Å². The molecule has 0 radical (unpaired) electrons. The van der Waals surface area contributed by atoms with E-state index in [0.717, 1.165) is 47.9 Å². The van der Waals surface area contributed by atoms with Crippen molar-refractivity contribution < 1.29 is 30.7 Å². The molecule has 3 heterocycles. The molecule has 0 spiro atoms. The Morgan fingerprint density at radius 2 is 1.89 bits per heavy atom. The lowest BCUT2D eigenvalue weighted by molar-refractivity contribution is -0.137. The van der Waals surface area contributed by atoms with E-state index in [2.05, 4.69) is 14.7 Å². The maximum Gasteiger partial charge on any atom is 0.417 e. The van der Waals surface area contributed by atoms with Gasteiger partial charge in [-0.3, -0.25) is 4.72 Å². The molecule has 0 unspecified atom stereocenters. The van der Waals surface area contributed by atoms with Gasteiger partial charge in [0.15, 0.2) is 0 Å². The van der Waals surface area contributed by atoms with Crippen molar-refractivity contribution in [1.29, 1.82) is 0 Å². The number of benzene rings is 2. The van der Waals surface area contributed by atoms with E-state index in [0.29, 0.717) is 12.4 Å². The zero-order valence-corrected chi connectivity index (χ0v) is 20.0. The fourth-order valence-corrected chi connectivity index (χ4v) is 5.79. The normalized spacial score (nSPS) is 13.7. The van der Waals surface area contributed by atoms with Crippen LogP contribution in [0.5, 0.6) is 5.75 Å². The summed E-state index contributed by atoms with van der Waals surface area (Å²) in [5.74, 6) is -0.535. The molecule has 0 bridgehead atoms. The first-order valence-electron chi connectivity index (χ1n) is 10.7. The molecule has 0 aliphatic carbocycles. The van der Waals surface area contributed by atoms with Crippen molar-refractivity contribution in [3.05, 3.63) is 77.2 Å². The molecule has 0 saturated heterocycles. The number of rotatable bonds is 5. The molecule has 0 fully saturated rings. The van der Waals surface area contributed by atoms with Crippen LogP contribution in [0.15, 0.2) is 65.0 Å². The summed E-state index contributed by atoms with van der Waals surface area (Å²) in [6, 6.07) is 9.68. The number of halogens is 4. The lowest BCUT2D eigenvalue weighted by atomic mass is 9.96. The van der Waals surface area contributed by atoms with E-state index in [1.165, 1.54) is 35.8 Å². The Morgan fingerprint density at radius 3 is 2.61 bits per heavy atom. The van der Waals surface area contributed by atoms with Crippen LogP contribution in [-0.4, -0.2) is 25.0 Å². The molecular weight excluding hydrogens is 518 g/mol. The molecule has 5 rings (SSSR count). The van der Waals surface area contributed by atoms with Crippen LogP contribution in [0.2, 0.25) is 0 Å². The van der Waals surface area contributed by atoms with Crippen molar-refractivity contribution >= 4 is 27.0 Å². The molecule has 6 nitrogen and oxygen atoms in total. The van der Waals surface area contributed by atoms with Gasteiger partial charge < -0.3 is 4.74 Å². The molecule has 2 aromatic carbocycles. The third-order valence-electron chi connectivity index (χ3n) is 5.57. The summed E-state index contributed by atoms with van der Waals surface area (Å²) < 4.78 is 90.7. The lowest BCUT2D eigenvalue weighted by Gasteiger charge is -2.21. The maximum atomic E-state index is 14.1. The molecular formula is C24H17F4N3O3S2. The van der Waals surface area contributed by atoms with Gasteiger partial charge in [0.1, 0.15) is 10.8 Å². The summed E-state index contributed by atoms with van der Waals surface area (Å²) in [5, 5.41) is 1.64.